The predicted molar refractivity (Wildman–Crippen MR) is 120 cm³/mol. The van der Waals surface area contributed by atoms with Gasteiger partial charge in [-0.05, 0) is 29.5 Å². The lowest BCUT2D eigenvalue weighted by molar-refractivity contribution is -0.151. The summed E-state index contributed by atoms with van der Waals surface area (Å²) in [6.07, 6.45) is 0. The monoisotopic (exact) mass is 469 g/mol. The number of nitrogens with two attached hydrogens (primary N) is 1. The zero-order chi connectivity index (χ0) is 22.8. The van der Waals surface area contributed by atoms with E-state index in [1.807, 2.05) is 6.07 Å². The fraction of sp³-hybridized carbons (Fsp3) is 0.182. The number of nitrogens with zero attached hydrogens (tertiary/aromatic N) is 1. The summed E-state index contributed by atoms with van der Waals surface area (Å²) >= 11 is 2.15. The third-order valence-electron chi connectivity index (χ3n) is 5.11. The van der Waals surface area contributed by atoms with Gasteiger partial charge in [-0.2, -0.15) is 0 Å². The summed E-state index contributed by atoms with van der Waals surface area (Å²) < 4.78 is 0. The molecule has 8 nitrogen and oxygen atoms in total. The summed E-state index contributed by atoms with van der Waals surface area (Å²) in [5.74, 6) is -2.35. The van der Waals surface area contributed by atoms with Crippen molar-refractivity contribution < 1.29 is 24.3 Å². The predicted octanol–water partition coefficient (Wildman–Crippen LogP) is 1.74. The first-order valence-electron chi connectivity index (χ1n) is 9.67. The first-order valence-corrected chi connectivity index (χ1v) is 11.5. The number of thioether (sulfide) groups is 2. The Hall–Kier alpha value is -3.08. The van der Waals surface area contributed by atoms with Gasteiger partial charge in [0.25, 0.3) is 5.91 Å². The lowest BCUT2D eigenvalue weighted by atomic mass is 10.0. The highest BCUT2D eigenvalue weighted by Crippen LogP contribution is 2.42. The molecule has 32 heavy (non-hydrogen) atoms. The summed E-state index contributed by atoms with van der Waals surface area (Å²) in [5.41, 5.74) is 6.33. The average Bonchev–Trinajstić information content (AvgIpc) is 2.81. The Bertz CT molecular complexity index is 1110. The first-order chi connectivity index (χ1) is 15.4. The number of carbonyl (C=O) groups excluding carboxylic acids is 3. The molecule has 10 heteroatoms. The molecule has 2 heterocycles. The van der Waals surface area contributed by atoms with E-state index in [0.717, 1.165) is 16.7 Å². The van der Waals surface area contributed by atoms with E-state index in [0.29, 0.717) is 10.5 Å². The van der Waals surface area contributed by atoms with E-state index in [4.69, 9.17) is 5.73 Å². The van der Waals surface area contributed by atoms with Crippen LogP contribution < -0.4 is 11.1 Å². The highest BCUT2D eigenvalue weighted by molar-refractivity contribution is 8.14. The van der Waals surface area contributed by atoms with Crippen LogP contribution in [0.2, 0.25) is 0 Å². The van der Waals surface area contributed by atoms with Crippen molar-refractivity contribution in [2.24, 2.45) is 5.73 Å². The Morgan fingerprint density at radius 2 is 1.72 bits per heavy atom. The SMILES string of the molecule is N[C@@H](C(=O)NC1C(=O)N2C(C(=O)O)=C(C(=O)Sc3ccccc3)CS[C@H]12)c1ccccc1. The van der Waals surface area contributed by atoms with Crippen molar-refractivity contribution in [1.82, 2.24) is 10.2 Å². The van der Waals surface area contributed by atoms with Crippen LogP contribution in [-0.2, 0) is 19.2 Å². The van der Waals surface area contributed by atoms with Crippen LogP contribution in [0.3, 0.4) is 0 Å². The smallest absolute Gasteiger partial charge is 0.353 e. The zero-order valence-electron chi connectivity index (χ0n) is 16.6. The fourth-order valence-electron chi connectivity index (χ4n) is 3.49. The summed E-state index contributed by atoms with van der Waals surface area (Å²) in [4.78, 5) is 51.8. The van der Waals surface area contributed by atoms with Gasteiger partial charge in [-0.3, -0.25) is 19.3 Å². The number of hydrogen-bond acceptors (Lipinski definition) is 7. The number of carboxylic acid groups (broad SMARTS) is 1. The molecule has 164 valence electrons. The van der Waals surface area contributed by atoms with Crippen molar-refractivity contribution in [1.29, 1.82) is 0 Å². The molecule has 2 aromatic rings. The lowest BCUT2D eigenvalue weighted by Gasteiger charge is -2.49. The molecule has 2 amide bonds. The van der Waals surface area contributed by atoms with Gasteiger partial charge in [-0.15, -0.1) is 11.8 Å². The van der Waals surface area contributed by atoms with Gasteiger partial charge in [0.05, 0.1) is 0 Å². The highest BCUT2D eigenvalue weighted by atomic mass is 32.2. The molecule has 2 aromatic carbocycles. The third-order valence-corrected chi connectivity index (χ3v) is 7.33. The number of fused-ring (bicyclic) bond motifs is 1. The Morgan fingerprint density at radius 3 is 2.34 bits per heavy atom. The van der Waals surface area contributed by atoms with Crippen LogP contribution in [0.1, 0.15) is 11.6 Å². The Kier molecular flexibility index (Phi) is 6.35. The van der Waals surface area contributed by atoms with Gasteiger partial charge in [-0.1, -0.05) is 48.5 Å². The molecule has 1 fully saturated rings. The maximum Gasteiger partial charge on any atom is 0.353 e. The molecule has 0 saturated carbocycles. The van der Waals surface area contributed by atoms with Gasteiger partial charge in [0.1, 0.15) is 23.2 Å². The van der Waals surface area contributed by atoms with Gasteiger partial charge in [0.15, 0.2) is 0 Å². The molecular weight excluding hydrogens is 450 g/mol. The van der Waals surface area contributed by atoms with E-state index in [-0.39, 0.29) is 17.0 Å². The third kappa shape index (κ3) is 4.16. The van der Waals surface area contributed by atoms with Crippen LogP contribution in [0.25, 0.3) is 0 Å². The molecule has 4 N–H and O–H groups in total. The standard InChI is InChI=1S/C22H19N3O5S2/c23-15(12-7-3-1-4-8-12)18(26)24-16-19(27)25-17(21(28)29)14(11-31-20(16)25)22(30)32-13-9-5-2-6-10-13/h1-10,15-16,20H,11,23H2,(H,24,26)(H,28,29)/t15-,16?,20-/m1/s1. The van der Waals surface area contributed by atoms with Crippen molar-refractivity contribution >= 4 is 46.4 Å². The molecule has 3 atom stereocenters. The van der Waals surface area contributed by atoms with Gasteiger partial charge in [0.2, 0.25) is 11.0 Å². The second kappa shape index (κ2) is 9.19. The number of β-lactam (4-membered cyclic amide) rings is 1. The largest absolute Gasteiger partial charge is 0.477 e. The minimum Gasteiger partial charge on any atom is -0.477 e. The first kappa shape index (κ1) is 22.1. The number of benzene rings is 2. The Morgan fingerprint density at radius 1 is 1.09 bits per heavy atom. The van der Waals surface area contributed by atoms with E-state index in [1.165, 1.54) is 11.8 Å². The molecular formula is C22H19N3O5S2. The normalized spacial score (nSPS) is 20.8. The van der Waals surface area contributed by atoms with Crippen molar-refractivity contribution in [2.45, 2.75) is 22.4 Å². The number of carboxylic acids is 1. The minimum absolute atomic E-state index is 0.0618. The van der Waals surface area contributed by atoms with Crippen LogP contribution in [0.15, 0.2) is 76.8 Å². The Labute approximate surface area is 192 Å². The van der Waals surface area contributed by atoms with Gasteiger partial charge >= 0.3 is 5.97 Å². The summed E-state index contributed by atoms with van der Waals surface area (Å²) in [5, 5.41) is 11.3. The van der Waals surface area contributed by atoms with E-state index in [9.17, 15) is 24.3 Å². The summed E-state index contributed by atoms with van der Waals surface area (Å²) in [6.45, 7) is 0. The van der Waals surface area contributed by atoms with Gasteiger partial charge < -0.3 is 16.2 Å². The van der Waals surface area contributed by atoms with Crippen molar-refractivity contribution in [3.63, 3.8) is 0 Å². The van der Waals surface area contributed by atoms with Crippen molar-refractivity contribution in [3.8, 4) is 0 Å². The molecule has 2 aliphatic rings. The maximum atomic E-state index is 12.8. The highest BCUT2D eigenvalue weighted by Gasteiger charge is 2.55. The summed E-state index contributed by atoms with van der Waals surface area (Å²) in [6, 6.07) is 15.7. The number of carbonyl (C=O) groups is 4. The van der Waals surface area contributed by atoms with E-state index < -0.39 is 40.4 Å². The van der Waals surface area contributed by atoms with Crippen LogP contribution in [0.4, 0.5) is 0 Å². The quantitative estimate of drug-likeness (QED) is 0.431. The molecule has 0 aliphatic carbocycles. The Balaban J connectivity index is 1.50. The molecule has 0 spiro atoms. The second-order valence-corrected chi connectivity index (χ2v) is 9.27. The molecule has 1 unspecified atom stereocenters. The number of aliphatic carboxylic acids is 1. The minimum atomic E-state index is -1.36. The maximum absolute atomic E-state index is 12.8. The van der Waals surface area contributed by atoms with E-state index in [2.05, 4.69) is 5.32 Å². The van der Waals surface area contributed by atoms with Crippen molar-refractivity contribution in [2.75, 3.05) is 5.75 Å². The summed E-state index contributed by atoms with van der Waals surface area (Å²) in [7, 11) is 0. The number of hydrogen-bond donors (Lipinski definition) is 3. The molecule has 0 bridgehead atoms. The topological polar surface area (TPSA) is 130 Å². The van der Waals surface area contributed by atoms with Crippen LogP contribution in [0.5, 0.6) is 0 Å². The van der Waals surface area contributed by atoms with Crippen molar-refractivity contribution in [3.05, 3.63) is 77.5 Å². The van der Waals surface area contributed by atoms with Gasteiger partial charge in [0, 0.05) is 16.2 Å². The van der Waals surface area contributed by atoms with E-state index >= 15 is 0 Å². The fourth-order valence-corrected chi connectivity index (χ4v) is 5.72. The molecule has 4 rings (SSSR count). The average molecular weight is 470 g/mol. The van der Waals surface area contributed by atoms with E-state index in [1.54, 1.807) is 54.6 Å². The molecule has 1 saturated heterocycles. The molecule has 0 aromatic heterocycles. The zero-order valence-corrected chi connectivity index (χ0v) is 18.3. The molecule has 2 aliphatic heterocycles. The number of amides is 2. The number of nitrogens with one attached hydrogen (secondary N) is 1. The molecule has 0 radical (unpaired) electrons. The van der Waals surface area contributed by atoms with Crippen LogP contribution in [0, 0.1) is 0 Å². The second-order valence-electron chi connectivity index (χ2n) is 7.12. The lowest BCUT2D eigenvalue weighted by Crippen LogP contribution is -2.71. The van der Waals surface area contributed by atoms with Gasteiger partial charge in [-0.25, -0.2) is 4.79 Å². The van der Waals surface area contributed by atoms with Crippen LogP contribution >= 0.6 is 23.5 Å². The van der Waals surface area contributed by atoms with Crippen LogP contribution in [-0.4, -0.2) is 50.1 Å². The number of rotatable bonds is 6.